The third-order valence-corrected chi connectivity index (χ3v) is 5.37. The Morgan fingerprint density at radius 2 is 2.05 bits per heavy atom. The zero-order valence-electron chi connectivity index (χ0n) is 11.8. The first-order chi connectivity index (χ1) is 10.1. The fourth-order valence-electron chi connectivity index (χ4n) is 2.21. The number of hydrogen-bond acceptors (Lipinski definition) is 6. The van der Waals surface area contributed by atoms with Crippen molar-refractivity contribution in [1.82, 2.24) is 15.1 Å². The number of anilines is 1. The van der Waals surface area contributed by atoms with Gasteiger partial charge in [0.1, 0.15) is 0 Å². The predicted octanol–water partition coefficient (Wildman–Crippen LogP) is 2.49. The standard InChI is InChI=1S/C14H16N4OS2/c1-10(2)13(19)17-5-7-18(8-6-17)14-16-15-12(21-14)11-4-3-9-20-11/h3-4,9H,1,5-8H2,2H3. The summed E-state index contributed by atoms with van der Waals surface area (Å²) in [5, 5.41) is 12.5. The van der Waals surface area contributed by atoms with E-state index >= 15 is 0 Å². The maximum Gasteiger partial charge on any atom is 0.249 e. The molecule has 2 aromatic rings. The smallest absolute Gasteiger partial charge is 0.249 e. The van der Waals surface area contributed by atoms with E-state index in [1.54, 1.807) is 29.6 Å². The second-order valence-electron chi connectivity index (χ2n) is 4.93. The summed E-state index contributed by atoms with van der Waals surface area (Å²) in [6.07, 6.45) is 0. The van der Waals surface area contributed by atoms with Crippen molar-refractivity contribution in [2.24, 2.45) is 0 Å². The zero-order chi connectivity index (χ0) is 14.8. The molecule has 2 aromatic heterocycles. The Kier molecular flexibility index (Phi) is 4.03. The first-order valence-electron chi connectivity index (χ1n) is 6.72. The molecule has 0 radical (unpaired) electrons. The highest BCUT2D eigenvalue weighted by atomic mass is 32.1. The number of thiophene rings is 1. The van der Waals surface area contributed by atoms with Crippen LogP contribution in [-0.4, -0.2) is 47.2 Å². The van der Waals surface area contributed by atoms with E-state index in [0.29, 0.717) is 18.7 Å². The molecule has 0 aromatic carbocycles. The van der Waals surface area contributed by atoms with Crippen LogP contribution in [0.1, 0.15) is 6.92 Å². The number of nitrogens with zero attached hydrogens (tertiary/aromatic N) is 4. The zero-order valence-corrected chi connectivity index (χ0v) is 13.4. The van der Waals surface area contributed by atoms with Crippen LogP contribution >= 0.6 is 22.7 Å². The summed E-state index contributed by atoms with van der Waals surface area (Å²) in [5.74, 6) is 0.0474. The minimum absolute atomic E-state index is 0.0474. The van der Waals surface area contributed by atoms with Crippen molar-refractivity contribution in [3.8, 4) is 9.88 Å². The number of carbonyl (C=O) groups is 1. The Bertz CT molecular complexity index is 642. The molecule has 0 spiro atoms. The van der Waals surface area contributed by atoms with Gasteiger partial charge in [-0.05, 0) is 18.4 Å². The molecule has 0 N–H and O–H groups in total. The Labute approximate surface area is 131 Å². The van der Waals surface area contributed by atoms with Crippen LogP contribution in [0.25, 0.3) is 9.88 Å². The van der Waals surface area contributed by atoms with Crippen LogP contribution < -0.4 is 4.90 Å². The Morgan fingerprint density at radius 1 is 1.29 bits per heavy atom. The minimum atomic E-state index is 0.0474. The molecule has 0 bridgehead atoms. The van der Waals surface area contributed by atoms with E-state index in [1.165, 1.54) is 0 Å². The molecule has 21 heavy (non-hydrogen) atoms. The van der Waals surface area contributed by atoms with Gasteiger partial charge in [0.15, 0.2) is 5.01 Å². The van der Waals surface area contributed by atoms with Crippen LogP contribution in [0.4, 0.5) is 5.13 Å². The molecule has 1 aliphatic rings. The van der Waals surface area contributed by atoms with Crippen LogP contribution in [0.15, 0.2) is 29.7 Å². The molecule has 1 saturated heterocycles. The van der Waals surface area contributed by atoms with Gasteiger partial charge in [0.05, 0.1) is 4.88 Å². The molecule has 3 heterocycles. The number of aromatic nitrogens is 2. The molecule has 110 valence electrons. The number of piperazine rings is 1. The van der Waals surface area contributed by atoms with Crippen LogP contribution in [0, 0.1) is 0 Å². The highest BCUT2D eigenvalue weighted by Gasteiger charge is 2.23. The van der Waals surface area contributed by atoms with Crippen LogP contribution in [0.5, 0.6) is 0 Å². The second kappa shape index (κ2) is 5.95. The Balaban J connectivity index is 1.65. The minimum Gasteiger partial charge on any atom is -0.343 e. The third kappa shape index (κ3) is 2.98. The Morgan fingerprint density at radius 3 is 2.67 bits per heavy atom. The molecule has 5 nitrogen and oxygen atoms in total. The highest BCUT2D eigenvalue weighted by Crippen LogP contribution is 2.31. The largest absolute Gasteiger partial charge is 0.343 e. The van der Waals surface area contributed by atoms with E-state index in [1.807, 2.05) is 16.3 Å². The van der Waals surface area contributed by atoms with Crippen molar-refractivity contribution in [2.75, 3.05) is 31.1 Å². The number of rotatable bonds is 3. The van der Waals surface area contributed by atoms with Crippen LogP contribution in [0.2, 0.25) is 0 Å². The maximum absolute atomic E-state index is 11.9. The number of carbonyl (C=O) groups excluding carboxylic acids is 1. The molecule has 1 amide bonds. The van der Waals surface area contributed by atoms with Crippen LogP contribution in [0.3, 0.4) is 0 Å². The van der Waals surface area contributed by atoms with Gasteiger partial charge in [-0.25, -0.2) is 0 Å². The lowest BCUT2D eigenvalue weighted by atomic mass is 10.2. The van der Waals surface area contributed by atoms with Crippen molar-refractivity contribution in [3.05, 3.63) is 29.7 Å². The Hall–Kier alpha value is -1.73. The molecule has 1 fully saturated rings. The van der Waals surface area contributed by atoms with Gasteiger partial charge in [0.2, 0.25) is 11.0 Å². The summed E-state index contributed by atoms with van der Waals surface area (Å²) in [6.45, 7) is 8.47. The van der Waals surface area contributed by atoms with Gasteiger partial charge < -0.3 is 9.80 Å². The average Bonchev–Trinajstić information content (AvgIpc) is 3.17. The summed E-state index contributed by atoms with van der Waals surface area (Å²) in [4.78, 5) is 17.1. The van der Waals surface area contributed by atoms with E-state index < -0.39 is 0 Å². The fourth-order valence-corrected chi connectivity index (χ4v) is 3.90. The van der Waals surface area contributed by atoms with E-state index in [4.69, 9.17) is 0 Å². The molecular formula is C14H16N4OS2. The first kappa shape index (κ1) is 14.2. The van der Waals surface area contributed by atoms with E-state index in [-0.39, 0.29) is 5.91 Å². The summed E-state index contributed by atoms with van der Waals surface area (Å²) in [5.41, 5.74) is 0.597. The lowest BCUT2D eigenvalue weighted by molar-refractivity contribution is -0.127. The SMILES string of the molecule is C=C(C)C(=O)N1CCN(c2nnc(-c3cccs3)s2)CC1. The molecular weight excluding hydrogens is 304 g/mol. The molecule has 0 atom stereocenters. The third-order valence-electron chi connectivity index (χ3n) is 3.35. The van der Waals surface area contributed by atoms with E-state index in [2.05, 4.69) is 27.7 Å². The van der Waals surface area contributed by atoms with Gasteiger partial charge >= 0.3 is 0 Å². The van der Waals surface area contributed by atoms with E-state index in [0.717, 1.165) is 28.1 Å². The second-order valence-corrected chi connectivity index (χ2v) is 6.83. The quantitative estimate of drug-likeness (QED) is 0.815. The summed E-state index contributed by atoms with van der Waals surface area (Å²) >= 11 is 3.28. The number of amides is 1. The fraction of sp³-hybridized carbons (Fsp3) is 0.357. The van der Waals surface area contributed by atoms with Crippen LogP contribution in [-0.2, 0) is 4.79 Å². The van der Waals surface area contributed by atoms with Crippen molar-refractivity contribution < 1.29 is 4.79 Å². The normalized spacial score (nSPS) is 15.3. The summed E-state index contributed by atoms with van der Waals surface area (Å²) in [6, 6.07) is 4.07. The van der Waals surface area contributed by atoms with Crippen molar-refractivity contribution in [2.45, 2.75) is 6.92 Å². The molecule has 0 saturated carbocycles. The predicted molar refractivity (Wildman–Crippen MR) is 86.8 cm³/mol. The molecule has 0 unspecified atom stereocenters. The summed E-state index contributed by atoms with van der Waals surface area (Å²) in [7, 11) is 0. The van der Waals surface area contributed by atoms with Crippen molar-refractivity contribution >= 4 is 33.7 Å². The monoisotopic (exact) mass is 320 g/mol. The molecule has 1 aliphatic heterocycles. The van der Waals surface area contributed by atoms with E-state index in [9.17, 15) is 4.79 Å². The topological polar surface area (TPSA) is 49.3 Å². The molecule has 7 heteroatoms. The molecule has 0 aliphatic carbocycles. The molecule has 3 rings (SSSR count). The number of hydrogen-bond donors (Lipinski definition) is 0. The van der Waals surface area contributed by atoms with Crippen molar-refractivity contribution in [3.63, 3.8) is 0 Å². The van der Waals surface area contributed by atoms with Gasteiger partial charge in [-0.15, -0.1) is 21.5 Å². The van der Waals surface area contributed by atoms with Gasteiger partial charge in [0, 0.05) is 31.8 Å². The maximum atomic E-state index is 11.9. The highest BCUT2D eigenvalue weighted by molar-refractivity contribution is 7.22. The lowest BCUT2D eigenvalue weighted by Gasteiger charge is -2.34. The first-order valence-corrected chi connectivity index (χ1v) is 8.42. The average molecular weight is 320 g/mol. The van der Waals surface area contributed by atoms with Gasteiger partial charge in [0.25, 0.3) is 0 Å². The lowest BCUT2D eigenvalue weighted by Crippen LogP contribution is -2.49. The van der Waals surface area contributed by atoms with Gasteiger partial charge in [-0.1, -0.05) is 24.0 Å². The van der Waals surface area contributed by atoms with Gasteiger partial charge in [-0.2, -0.15) is 0 Å². The summed E-state index contributed by atoms with van der Waals surface area (Å²) < 4.78 is 0. The van der Waals surface area contributed by atoms with Gasteiger partial charge in [-0.3, -0.25) is 4.79 Å². The van der Waals surface area contributed by atoms with Crippen molar-refractivity contribution in [1.29, 1.82) is 0 Å².